The van der Waals surface area contributed by atoms with Crippen molar-refractivity contribution in [2.24, 2.45) is 0 Å². The van der Waals surface area contributed by atoms with Crippen molar-refractivity contribution in [3.05, 3.63) is 77.2 Å². The molecule has 0 aliphatic carbocycles. The number of carbonyl (C=O) groups is 1. The van der Waals surface area contributed by atoms with Crippen LogP contribution in [-0.4, -0.2) is 20.9 Å². The minimum absolute atomic E-state index is 0.00194. The normalized spacial score (nSPS) is 13.8. The van der Waals surface area contributed by atoms with Crippen molar-refractivity contribution in [3.8, 4) is 0 Å². The minimum Gasteiger partial charge on any atom is -0.459 e. The van der Waals surface area contributed by atoms with Crippen molar-refractivity contribution in [1.29, 1.82) is 0 Å². The number of sulfonamides is 1. The van der Waals surface area contributed by atoms with Crippen molar-refractivity contribution in [3.63, 3.8) is 0 Å². The summed E-state index contributed by atoms with van der Waals surface area (Å²) in [4.78, 5) is 14.4. The van der Waals surface area contributed by atoms with Gasteiger partial charge in [0.2, 0.25) is 0 Å². The smallest absolute Gasteiger partial charge is 0.293 e. The zero-order valence-corrected chi connectivity index (χ0v) is 16.3. The van der Waals surface area contributed by atoms with Crippen molar-refractivity contribution in [2.75, 3.05) is 16.2 Å². The number of rotatable bonds is 4. The number of carbonyl (C=O) groups excluding carboxylic acids is 1. The molecule has 6 nitrogen and oxygen atoms in total. The highest BCUT2D eigenvalue weighted by atomic mass is 35.5. The Labute approximate surface area is 167 Å². The number of aryl methyl sites for hydroxylation is 1. The number of nitrogens with zero attached hydrogens (tertiary/aromatic N) is 1. The van der Waals surface area contributed by atoms with Gasteiger partial charge >= 0.3 is 0 Å². The summed E-state index contributed by atoms with van der Waals surface area (Å²) in [5, 5.41) is 0.141. The van der Waals surface area contributed by atoms with Gasteiger partial charge in [0.05, 0.1) is 17.0 Å². The van der Waals surface area contributed by atoms with Crippen LogP contribution in [0, 0.1) is 0 Å². The van der Waals surface area contributed by atoms with E-state index in [4.69, 9.17) is 16.0 Å². The summed E-state index contributed by atoms with van der Waals surface area (Å²) < 4.78 is 33.2. The summed E-state index contributed by atoms with van der Waals surface area (Å²) in [5.74, 6) is -0.00744. The van der Waals surface area contributed by atoms with Crippen LogP contribution < -0.4 is 9.62 Å². The van der Waals surface area contributed by atoms with Gasteiger partial charge < -0.3 is 9.32 Å². The summed E-state index contributed by atoms with van der Waals surface area (Å²) in [6.45, 7) is 0.535. The molecule has 0 atom stereocenters. The fourth-order valence-corrected chi connectivity index (χ4v) is 4.83. The number of hydrogen-bond donors (Lipinski definition) is 1. The first-order valence-electron chi connectivity index (χ1n) is 8.71. The summed E-state index contributed by atoms with van der Waals surface area (Å²) in [7, 11) is -3.86. The van der Waals surface area contributed by atoms with Gasteiger partial charge in [-0.15, -0.1) is 0 Å². The fraction of sp³-hybridized carbons (Fsp3) is 0.150. The van der Waals surface area contributed by atoms with Crippen LogP contribution >= 0.6 is 11.6 Å². The maximum Gasteiger partial charge on any atom is 0.293 e. The molecule has 2 aromatic carbocycles. The molecule has 8 heteroatoms. The largest absolute Gasteiger partial charge is 0.459 e. The second-order valence-corrected chi connectivity index (χ2v) is 8.48. The molecule has 1 aliphatic rings. The third kappa shape index (κ3) is 3.50. The lowest BCUT2D eigenvalue weighted by Crippen LogP contribution is -2.35. The van der Waals surface area contributed by atoms with Crippen LogP contribution in [-0.2, 0) is 16.4 Å². The van der Waals surface area contributed by atoms with E-state index in [2.05, 4.69) is 4.72 Å². The van der Waals surface area contributed by atoms with Gasteiger partial charge in [0.1, 0.15) is 4.90 Å². The Hall–Kier alpha value is -2.77. The number of hydrogen-bond acceptors (Lipinski definition) is 4. The van der Waals surface area contributed by atoms with E-state index in [-0.39, 0.29) is 21.6 Å². The molecule has 0 saturated carbocycles. The van der Waals surface area contributed by atoms with E-state index in [1.165, 1.54) is 18.4 Å². The van der Waals surface area contributed by atoms with Crippen LogP contribution in [0.3, 0.4) is 0 Å². The number of nitrogens with one attached hydrogen (secondary N) is 1. The van der Waals surface area contributed by atoms with Gasteiger partial charge in [-0.3, -0.25) is 9.52 Å². The third-order valence-electron chi connectivity index (χ3n) is 4.56. The quantitative estimate of drug-likeness (QED) is 0.686. The molecule has 144 valence electrons. The SMILES string of the molecule is O=C(c1ccco1)N1CCCc2ccc(NS(=O)(=O)c3ccccc3Cl)cc21. The first-order valence-corrected chi connectivity index (χ1v) is 10.6. The summed E-state index contributed by atoms with van der Waals surface area (Å²) in [5.41, 5.74) is 2.01. The van der Waals surface area contributed by atoms with Crippen LogP contribution in [0.5, 0.6) is 0 Å². The molecule has 0 fully saturated rings. The van der Waals surface area contributed by atoms with Gasteiger partial charge in [0, 0.05) is 12.2 Å². The highest BCUT2D eigenvalue weighted by Gasteiger charge is 2.26. The van der Waals surface area contributed by atoms with E-state index in [1.807, 2.05) is 6.07 Å². The average Bonchev–Trinajstić information content (AvgIpc) is 3.21. The zero-order valence-electron chi connectivity index (χ0n) is 14.8. The van der Waals surface area contributed by atoms with E-state index < -0.39 is 10.0 Å². The lowest BCUT2D eigenvalue weighted by molar-refractivity contribution is 0.0958. The van der Waals surface area contributed by atoms with Crippen LogP contribution in [0.1, 0.15) is 22.5 Å². The molecule has 28 heavy (non-hydrogen) atoms. The Morgan fingerprint density at radius 1 is 1.11 bits per heavy atom. The molecular weight excluding hydrogens is 400 g/mol. The predicted octanol–water partition coefficient (Wildman–Crippen LogP) is 4.33. The Balaban J connectivity index is 1.67. The predicted molar refractivity (Wildman–Crippen MR) is 107 cm³/mol. The molecular formula is C20H17ClN2O4S. The average molecular weight is 417 g/mol. The van der Waals surface area contributed by atoms with Gasteiger partial charge in [-0.25, -0.2) is 8.42 Å². The van der Waals surface area contributed by atoms with E-state index in [0.717, 1.165) is 18.4 Å². The first kappa shape index (κ1) is 18.6. The molecule has 0 radical (unpaired) electrons. The van der Waals surface area contributed by atoms with Crippen molar-refractivity contribution in [2.45, 2.75) is 17.7 Å². The van der Waals surface area contributed by atoms with Gasteiger partial charge in [0.25, 0.3) is 15.9 Å². The molecule has 3 aromatic rings. The number of furan rings is 1. The highest BCUT2D eigenvalue weighted by molar-refractivity contribution is 7.92. The molecule has 0 spiro atoms. The topological polar surface area (TPSA) is 79.6 Å². The van der Waals surface area contributed by atoms with Crippen molar-refractivity contribution < 1.29 is 17.6 Å². The molecule has 0 saturated heterocycles. The molecule has 0 bridgehead atoms. The molecule has 4 rings (SSSR count). The van der Waals surface area contributed by atoms with Crippen LogP contribution in [0.15, 0.2) is 70.2 Å². The summed E-state index contributed by atoms with van der Waals surface area (Å²) >= 11 is 6.03. The Morgan fingerprint density at radius 2 is 1.93 bits per heavy atom. The third-order valence-corrected chi connectivity index (χ3v) is 6.44. The van der Waals surface area contributed by atoms with Crippen molar-refractivity contribution >= 4 is 38.9 Å². The number of benzene rings is 2. The molecule has 1 aromatic heterocycles. The molecule has 1 amide bonds. The standard InChI is InChI=1S/C20H17ClN2O4S/c21-16-6-1-2-8-19(16)28(25,26)22-15-10-9-14-5-3-11-23(17(14)13-15)20(24)18-7-4-12-27-18/h1-2,4,6-10,12-13,22H,3,5,11H2. The summed E-state index contributed by atoms with van der Waals surface area (Å²) in [6, 6.07) is 14.7. The van der Waals surface area contributed by atoms with E-state index in [0.29, 0.717) is 17.9 Å². The number of amides is 1. The van der Waals surface area contributed by atoms with Gasteiger partial charge in [0.15, 0.2) is 5.76 Å². The Kier molecular flexibility index (Phi) is 4.87. The lowest BCUT2D eigenvalue weighted by atomic mass is 10.0. The number of fused-ring (bicyclic) bond motifs is 1. The molecule has 1 N–H and O–H groups in total. The number of halogens is 1. The highest BCUT2D eigenvalue weighted by Crippen LogP contribution is 2.32. The summed E-state index contributed by atoms with van der Waals surface area (Å²) in [6.07, 6.45) is 3.09. The molecule has 2 heterocycles. The molecule has 0 unspecified atom stereocenters. The Bertz CT molecular complexity index is 1130. The van der Waals surface area contributed by atoms with Crippen molar-refractivity contribution in [1.82, 2.24) is 0 Å². The second-order valence-electron chi connectivity index (χ2n) is 6.42. The van der Waals surface area contributed by atoms with E-state index in [1.54, 1.807) is 41.3 Å². The van der Waals surface area contributed by atoms with E-state index in [9.17, 15) is 13.2 Å². The van der Waals surface area contributed by atoms with Crippen LogP contribution in [0.25, 0.3) is 0 Å². The fourth-order valence-electron chi connectivity index (χ4n) is 3.26. The molecule has 1 aliphatic heterocycles. The number of anilines is 2. The van der Waals surface area contributed by atoms with Crippen LogP contribution in [0.2, 0.25) is 5.02 Å². The minimum atomic E-state index is -3.86. The first-order chi connectivity index (χ1) is 13.5. The van der Waals surface area contributed by atoms with Gasteiger partial charge in [-0.2, -0.15) is 0 Å². The maximum absolute atomic E-state index is 12.8. The maximum atomic E-state index is 12.8. The Morgan fingerprint density at radius 3 is 2.68 bits per heavy atom. The van der Waals surface area contributed by atoms with Gasteiger partial charge in [-0.1, -0.05) is 29.8 Å². The van der Waals surface area contributed by atoms with Crippen LogP contribution in [0.4, 0.5) is 11.4 Å². The lowest BCUT2D eigenvalue weighted by Gasteiger charge is -2.29. The second kappa shape index (κ2) is 7.33. The zero-order chi connectivity index (χ0) is 19.7. The van der Waals surface area contributed by atoms with Gasteiger partial charge in [-0.05, 0) is 54.8 Å². The monoisotopic (exact) mass is 416 g/mol. The van der Waals surface area contributed by atoms with E-state index >= 15 is 0 Å².